The number of hydrogen-bond donors (Lipinski definition) is 3. The van der Waals surface area contributed by atoms with Gasteiger partial charge >= 0.3 is 11.9 Å². The standard InChI is InChI=1S/C14H15NO6/c1-7-6-8(13(17)18)2-3-9(7)15-12(16)10-4-5-11(21-10)14(19)20/h2-3,6,10-11H,4-5H2,1H3,(H,15,16)(H,17,18)(H,19,20). The van der Waals surface area contributed by atoms with Crippen molar-refractivity contribution in [1.82, 2.24) is 0 Å². The number of amides is 1. The van der Waals surface area contributed by atoms with E-state index in [1.165, 1.54) is 18.2 Å². The van der Waals surface area contributed by atoms with Crippen LogP contribution in [0.25, 0.3) is 0 Å². The minimum atomic E-state index is -1.08. The van der Waals surface area contributed by atoms with E-state index in [4.69, 9.17) is 14.9 Å². The third-order valence-electron chi connectivity index (χ3n) is 3.32. The molecule has 3 N–H and O–H groups in total. The normalized spacial score (nSPS) is 21.0. The van der Waals surface area contributed by atoms with E-state index in [0.717, 1.165) is 0 Å². The van der Waals surface area contributed by atoms with E-state index in [-0.39, 0.29) is 5.56 Å². The first-order chi connectivity index (χ1) is 9.88. The van der Waals surface area contributed by atoms with Crippen molar-refractivity contribution in [3.63, 3.8) is 0 Å². The van der Waals surface area contributed by atoms with Crippen molar-refractivity contribution in [2.75, 3.05) is 5.32 Å². The molecule has 1 aliphatic heterocycles. The first kappa shape index (κ1) is 15.0. The van der Waals surface area contributed by atoms with Gasteiger partial charge in [-0.15, -0.1) is 0 Å². The SMILES string of the molecule is Cc1cc(C(=O)O)ccc1NC(=O)C1CCC(C(=O)O)O1. The van der Waals surface area contributed by atoms with Gasteiger partial charge in [-0.1, -0.05) is 0 Å². The van der Waals surface area contributed by atoms with Gasteiger partial charge in [0.25, 0.3) is 5.91 Å². The molecule has 0 bridgehead atoms. The van der Waals surface area contributed by atoms with Gasteiger partial charge in [0.1, 0.15) is 6.10 Å². The Hall–Kier alpha value is -2.41. The van der Waals surface area contributed by atoms with Gasteiger partial charge < -0.3 is 20.3 Å². The molecule has 112 valence electrons. The molecule has 1 amide bonds. The summed E-state index contributed by atoms with van der Waals surface area (Å²) in [6.45, 7) is 1.68. The Morgan fingerprint density at radius 3 is 2.38 bits per heavy atom. The van der Waals surface area contributed by atoms with Gasteiger partial charge in [-0.2, -0.15) is 0 Å². The molecule has 0 radical (unpaired) electrons. The minimum Gasteiger partial charge on any atom is -0.479 e. The number of carbonyl (C=O) groups excluding carboxylic acids is 1. The topological polar surface area (TPSA) is 113 Å². The molecule has 1 saturated heterocycles. The third kappa shape index (κ3) is 3.38. The number of carboxylic acids is 2. The van der Waals surface area contributed by atoms with Crippen LogP contribution < -0.4 is 5.32 Å². The molecule has 1 heterocycles. The molecule has 0 aromatic heterocycles. The Labute approximate surface area is 120 Å². The van der Waals surface area contributed by atoms with Crippen LogP contribution in [0.2, 0.25) is 0 Å². The number of hydrogen-bond acceptors (Lipinski definition) is 4. The maximum Gasteiger partial charge on any atom is 0.335 e. The third-order valence-corrected chi connectivity index (χ3v) is 3.32. The summed E-state index contributed by atoms with van der Waals surface area (Å²) in [6, 6.07) is 4.34. The lowest BCUT2D eigenvalue weighted by molar-refractivity contribution is -0.150. The number of carbonyl (C=O) groups is 3. The summed E-state index contributed by atoms with van der Waals surface area (Å²) in [5.74, 6) is -2.54. The van der Waals surface area contributed by atoms with Crippen LogP contribution in [0.4, 0.5) is 5.69 Å². The molecule has 0 saturated carbocycles. The second-order valence-corrected chi connectivity index (χ2v) is 4.85. The predicted octanol–water partition coefficient (Wildman–Crippen LogP) is 1.26. The highest BCUT2D eigenvalue weighted by atomic mass is 16.5. The van der Waals surface area contributed by atoms with Crippen LogP contribution in [0.15, 0.2) is 18.2 Å². The van der Waals surface area contributed by atoms with Crippen molar-refractivity contribution >= 4 is 23.5 Å². The fourth-order valence-electron chi connectivity index (χ4n) is 2.16. The largest absolute Gasteiger partial charge is 0.479 e. The lowest BCUT2D eigenvalue weighted by Gasteiger charge is -2.13. The fourth-order valence-corrected chi connectivity index (χ4v) is 2.16. The molecule has 0 spiro atoms. The van der Waals surface area contributed by atoms with Gasteiger partial charge in [-0.25, -0.2) is 9.59 Å². The molecule has 7 heteroatoms. The molecule has 1 aromatic carbocycles. The summed E-state index contributed by atoms with van der Waals surface area (Å²) in [5.41, 5.74) is 1.22. The second kappa shape index (κ2) is 5.92. The molecule has 21 heavy (non-hydrogen) atoms. The highest BCUT2D eigenvalue weighted by Crippen LogP contribution is 2.23. The summed E-state index contributed by atoms with van der Waals surface area (Å²) in [4.78, 5) is 33.6. The summed E-state index contributed by atoms with van der Waals surface area (Å²) in [5, 5.41) is 20.3. The molecule has 0 aliphatic carbocycles. The number of carboxylic acid groups (broad SMARTS) is 2. The van der Waals surface area contributed by atoms with Crippen molar-refractivity contribution in [2.45, 2.75) is 32.0 Å². The summed E-state index contributed by atoms with van der Waals surface area (Å²) >= 11 is 0. The van der Waals surface area contributed by atoms with E-state index in [0.29, 0.717) is 24.1 Å². The Kier molecular flexibility index (Phi) is 4.23. The second-order valence-electron chi connectivity index (χ2n) is 4.85. The minimum absolute atomic E-state index is 0.133. The number of benzene rings is 1. The van der Waals surface area contributed by atoms with E-state index < -0.39 is 30.1 Å². The first-order valence-corrected chi connectivity index (χ1v) is 6.41. The van der Waals surface area contributed by atoms with Crippen LogP contribution in [0, 0.1) is 6.92 Å². The van der Waals surface area contributed by atoms with E-state index in [2.05, 4.69) is 5.32 Å². The molecular formula is C14H15NO6. The number of anilines is 1. The molecule has 1 fully saturated rings. The lowest BCUT2D eigenvalue weighted by atomic mass is 10.1. The number of aromatic carboxylic acids is 1. The number of nitrogens with one attached hydrogen (secondary N) is 1. The maximum atomic E-state index is 12.0. The van der Waals surface area contributed by atoms with Gasteiger partial charge in [0.15, 0.2) is 6.10 Å². The fraction of sp³-hybridized carbons (Fsp3) is 0.357. The zero-order valence-corrected chi connectivity index (χ0v) is 11.3. The van der Waals surface area contributed by atoms with Gasteiger partial charge in [-0.3, -0.25) is 4.79 Å². The summed E-state index contributed by atoms with van der Waals surface area (Å²) in [6.07, 6.45) is -1.11. The monoisotopic (exact) mass is 293 g/mol. The van der Waals surface area contributed by atoms with Crippen LogP contribution >= 0.6 is 0 Å². The Balaban J connectivity index is 2.03. The van der Waals surface area contributed by atoms with Crippen molar-refractivity contribution < 1.29 is 29.3 Å². The van der Waals surface area contributed by atoms with Crippen LogP contribution in [0.5, 0.6) is 0 Å². The molecular weight excluding hydrogens is 278 g/mol. The predicted molar refractivity (Wildman–Crippen MR) is 72.3 cm³/mol. The van der Waals surface area contributed by atoms with Crippen molar-refractivity contribution in [1.29, 1.82) is 0 Å². The summed E-state index contributed by atoms with van der Waals surface area (Å²) in [7, 11) is 0. The van der Waals surface area contributed by atoms with Gasteiger partial charge in [0.2, 0.25) is 0 Å². The van der Waals surface area contributed by atoms with Gasteiger partial charge in [-0.05, 0) is 43.5 Å². The van der Waals surface area contributed by atoms with Crippen LogP contribution in [0.3, 0.4) is 0 Å². The molecule has 2 rings (SSSR count). The molecule has 1 aliphatic rings. The quantitative estimate of drug-likeness (QED) is 0.770. The van der Waals surface area contributed by atoms with Gasteiger partial charge in [0, 0.05) is 5.69 Å². The molecule has 7 nitrogen and oxygen atoms in total. The number of aliphatic carboxylic acids is 1. The zero-order valence-electron chi connectivity index (χ0n) is 11.3. The Bertz CT molecular complexity index is 597. The number of ether oxygens (including phenoxy) is 1. The average molecular weight is 293 g/mol. The highest BCUT2D eigenvalue weighted by molar-refractivity contribution is 5.96. The van der Waals surface area contributed by atoms with Gasteiger partial charge in [0.05, 0.1) is 5.56 Å². The van der Waals surface area contributed by atoms with Crippen LogP contribution in [-0.2, 0) is 14.3 Å². The highest BCUT2D eigenvalue weighted by Gasteiger charge is 2.34. The number of aryl methyl sites for hydroxylation is 1. The molecule has 2 atom stereocenters. The Morgan fingerprint density at radius 1 is 1.19 bits per heavy atom. The number of rotatable bonds is 4. The molecule has 2 unspecified atom stereocenters. The maximum absolute atomic E-state index is 12.0. The summed E-state index contributed by atoms with van der Waals surface area (Å²) < 4.78 is 5.15. The van der Waals surface area contributed by atoms with E-state index in [1.807, 2.05) is 0 Å². The first-order valence-electron chi connectivity index (χ1n) is 6.41. The van der Waals surface area contributed by atoms with E-state index in [1.54, 1.807) is 6.92 Å². The van der Waals surface area contributed by atoms with Crippen LogP contribution in [0.1, 0.15) is 28.8 Å². The lowest BCUT2D eigenvalue weighted by Crippen LogP contribution is -2.30. The van der Waals surface area contributed by atoms with Crippen molar-refractivity contribution in [2.24, 2.45) is 0 Å². The molecule has 1 aromatic rings. The van der Waals surface area contributed by atoms with Crippen LogP contribution in [-0.4, -0.2) is 40.3 Å². The van der Waals surface area contributed by atoms with Crippen molar-refractivity contribution in [3.8, 4) is 0 Å². The van der Waals surface area contributed by atoms with Crippen molar-refractivity contribution in [3.05, 3.63) is 29.3 Å². The smallest absolute Gasteiger partial charge is 0.335 e. The zero-order chi connectivity index (χ0) is 15.6. The van der Waals surface area contributed by atoms with E-state index >= 15 is 0 Å². The van der Waals surface area contributed by atoms with E-state index in [9.17, 15) is 14.4 Å². The Morgan fingerprint density at radius 2 is 1.86 bits per heavy atom. The average Bonchev–Trinajstić information content (AvgIpc) is 2.90.